The van der Waals surface area contributed by atoms with Crippen LogP contribution in [0.25, 0.3) is 22.4 Å². The first kappa shape index (κ1) is 22.8. The molecule has 4 rings (SSSR count). The van der Waals surface area contributed by atoms with Crippen molar-refractivity contribution in [3.8, 4) is 34.5 Å². The van der Waals surface area contributed by atoms with Crippen molar-refractivity contribution in [1.29, 1.82) is 10.5 Å². The van der Waals surface area contributed by atoms with Gasteiger partial charge in [0.05, 0.1) is 16.8 Å². The van der Waals surface area contributed by atoms with Crippen molar-refractivity contribution in [3.63, 3.8) is 0 Å². The Hall–Kier alpha value is -4.37. The van der Waals surface area contributed by atoms with Crippen molar-refractivity contribution in [2.45, 2.75) is 19.0 Å². The number of halogens is 3. The molecule has 1 aliphatic heterocycles. The van der Waals surface area contributed by atoms with E-state index in [4.69, 9.17) is 5.73 Å². The normalized spacial score (nSPS) is 13.4. The summed E-state index contributed by atoms with van der Waals surface area (Å²) in [5, 5.41) is 19.5. The van der Waals surface area contributed by atoms with Crippen LogP contribution in [0.2, 0.25) is 0 Å². The molecule has 0 atom stereocenters. The zero-order valence-corrected chi connectivity index (χ0v) is 17.9. The number of amides is 1. The molecule has 0 unspecified atom stereocenters. The summed E-state index contributed by atoms with van der Waals surface area (Å²) in [4.78, 5) is 18.6. The number of anilines is 1. The van der Waals surface area contributed by atoms with Crippen molar-refractivity contribution in [2.75, 3.05) is 18.8 Å². The Labute approximate surface area is 193 Å². The topological polar surface area (TPSA) is 107 Å². The predicted molar refractivity (Wildman–Crippen MR) is 119 cm³/mol. The lowest BCUT2D eigenvalue weighted by atomic mass is 9.92. The maximum atomic E-state index is 13.0. The molecule has 3 aromatic rings. The van der Waals surface area contributed by atoms with Gasteiger partial charge in [-0.1, -0.05) is 24.3 Å². The number of nitrogens with zero attached hydrogens (tertiary/aromatic N) is 4. The van der Waals surface area contributed by atoms with Crippen LogP contribution in [0.15, 0.2) is 48.5 Å². The van der Waals surface area contributed by atoms with E-state index < -0.39 is 11.7 Å². The highest BCUT2D eigenvalue weighted by molar-refractivity contribution is 5.95. The van der Waals surface area contributed by atoms with Crippen LogP contribution in [0.3, 0.4) is 0 Å². The molecule has 2 heterocycles. The number of alkyl halides is 3. The van der Waals surface area contributed by atoms with Gasteiger partial charge in [-0.2, -0.15) is 23.7 Å². The summed E-state index contributed by atoms with van der Waals surface area (Å²) in [7, 11) is 0. The fraction of sp³-hybridized carbons (Fsp3) is 0.200. The molecule has 1 amide bonds. The van der Waals surface area contributed by atoms with E-state index in [0.717, 1.165) is 25.0 Å². The molecule has 34 heavy (non-hydrogen) atoms. The number of nitrogen functional groups attached to an aromatic ring is 1. The van der Waals surface area contributed by atoms with Gasteiger partial charge in [0.15, 0.2) is 0 Å². The monoisotopic (exact) mass is 461 g/mol. The Morgan fingerprint density at radius 2 is 1.47 bits per heavy atom. The van der Waals surface area contributed by atoms with E-state index in [0.29, 0.717) is 24.2 Å². The first-order valence-electron chi connectivity index (χ1n) is 10.5. The Bertz CT molecular complexity index is 1330. The number of carbonyl (C=O) groups is 1. The summed E-state index contributed by atoms with van der Waals surface area (Å²) in [6.45, 7) is 1.42. The number of likely N-dealkylation sites (tertiary alicyclic amines) is 1. The first-order chi connectivity index (χ1) is 16.2. The molecular formula is C25H18F3N5O. The van der Waals surface area contributed by atoms with Gasteiger partial charge in [-0.05, 0) is 42.7 Å². The SMILES string of the molecule is N#Cc1c(N)nc(-c2ccc(C(=O)N3CCCC3)cc2)c(C#N)c1-c1ccc(C(F)(F)F)cc1. The van der Waals surface area contributed by atoms with Crippen LogP contribution in [0.5, 0.6) is 0 Å². The summed E-state index contributed by atoms with van der Waals surface area (Å²) < 4.78 is 39.0. The van der Waals surface area contributed by atoms with Crippen molar-refractivity contribution >= 4 is 11.7 Å². The standard InChI is InChI=1S/C25H18F3N5O/c26-25(27,28)18-9-7-15(8-10-18)21-19(13-29)22(32-23(31)20(21)14-30)16-3-5-17(6-4-16)24(34)33-11-1-2-12-33/h3-10H,1-2,11-12H2,(H2,31,32). The molecule has 9 heteroatoms. The average molecular weight is 461 g/mol. The fourth-order valence-corrected chi connectivity index (χ4v) is 4.02. The molecule has 6 nitrogen and oxygen atoms in total. The summed E-state index contributed by atoms with van der Waals surface area (Å²) in [6.07, 6.45) is -2.58. The quantitative estimate of drug-likeness (QED) is 0.591. The Balaban J connectivity index is 1.81. The predicted octanol–water partition coefficient (Wildman–Crippen LogP) is 5.00. The molecule has 0 spiro atoms. The molecular weight excluding hydrogens is 443 g/mol. The second-order valence-electron chi connectivity index (χ2n) is 7.85. The maximum absolute atomic E-state index is 13.0. The van der Waals surface area contributed by atoms with Crippen LogP contribution in [0.4, 0.5) is 19.0 Å². The zero-order valence-electron chi connectivity index (χ0n) is 17.9. The van der Waals surface area contributed by atoms with Gasteiger partial charge in [0.2, 0.25) is 0 Å². The van der Waals surface area contributed by atoms with Crippen molar-refractivity contribution in [1.82, 2.24) is 9.88 Å². The highest BCUT2D eigenvalue weighted by Crippen LogP contribution is 2.37. The van der Waals surface area contributed by atoms with Crippen molar-refractivity contribution < 1.29 is 18.0 Å². The van der Waals surface area contributed by atoms with Gasteiger partial charge in [-0.3, -0.25) is 4.79 Å². The molecule has 170 valence electrons. The minimum Gasteiger partial charge on any atom is -0.383 e. The van der Waals surface area contributed by atoms with Crippen molar-refractivity contribution in [2.24, 2.45) is 0 Å². The minimum atomic E-state index is -4.52. The second-order valence-corrected chi connectivity index (χ2v) is 7.85. The highest BCUT2D eigenvalue weighted by Gasteiger charge is 2.30. The van der Waals surface area contributed by atoms with E-state index in [9.17, 15) is 28.5 Å². The number of hydrogen-bond donors (Lipinski definition) is 1. The van der Waals surface area contributed by atoms with Crippen LogP contribution in [-0.2, 0) is 6.18 Å². The summed E-state index contributed by atoms with van der Waals surface area (Å²) in [5.74, 6) is -0.231. The highest BCUT2D eigenvalue weighted by atomic mass is 19.4. The third-order valence-electron chi connectivity index (χ3n) is 5.75. The number of rotatable bonds is 3. The number of aromatic nitrogens is 1. The molecule has 0 aliphatic carbocycles. The smallest absolute Gasteiger partial charge is 0.383 e. The number of nitriles is 2. The van der Waals surface area contributed by atoms with E-state index in [2.05, 4.69) is 4.98 Å². The fourth-order valence-electron chi connectivity index (χ4n) is 4.02. The van der Waals surface area contributed by atoms with Gasteiger partial charge in [-0.15, -0.1) is 0 Å². The molecule has 2 N–H and O–H groups in total. The largest absolute Gasteiger partial charge is 0.416 e. The number of benzene rings is 2. The van der Waals surface area contributed by atoms with Gasteiger partial charge in [0.25, 0.3) is 5.91 Å². The molecule has 1 aliphatic rings. The summed E-state index contributed by atoms with van der Waals surface area (Å²) in [6, 6.07) is 14.6. The van der Waals surface area contributed by atoms with Crippen LogP contribution in [-0.4, -0.2) is 28.9 Å². The van der Waals surface area contributed by atoms with E-state index in [1.165, 1.54) is 12.1 Å². The average Bonchev–Trinajstić information content (AvgIpc) is 3.37. The van der Waals surface area contributed by atoms with Gasteiger partial charge < -0.3 is 10.6 Å². The number of carbonyl (C=O) groups excluding carboxylic acids is 1. The number of pyridine rings is 1. The lowest BCUT2D eigenvalue weighted by Crippen LogP contribution is -2.27. The first-order valence-corrected chi connectivity index (χ1v) is 10.5. The van der Waals surface area contributed by atoms with Crippen LogP contribution >= 0.6 is 0 Å². The minimum absolute atomic E-state index is 0.00382. The van der Waals surface area contributed by atoms with E-state index in [1.54, 1.807) is 29.2 Å². The Morgan fingerprint density at radius 3 is 2.00 bits per heavy atom. The molecule has 0 bridgehead atoms. The van der Waals surface area contributed by atoms with Gasteiger partial charge in [0.1, 0.15) is 23.5 Å². The number of hydrogen-bond acceptors (Lipinski definition) is 5. The molecule has 0 radical (unpaired) electrons. The lowest BCUT2D eigenvalue weighted by molar-refractivity contribution is -0.137. The molecule has 1 aromatic heterocycles. The van der Waals surface area contributed by atoms with Gasteiger partial charge >= 0.3 is 6.18 Å². The van der Waals surface area contributed by atoms with Crippen LogP contribution in [0.1, 0.15) is 39.9 Å². The molecule has 1 fully saturated rings. The Morgan fingerprint density at radius 1 is 0.912 bits per heavy atom. The molecule has 1 saturated heterocycles. The second kappa shape index (κ2) is 8.87. The van der Waals surface area contributed by atoms with Gasteiger partial charge in [-0.25, -0.2) is 4.98 Å². The Kier molecular flexibility index (Phi) is 5.95. The third-order valence-corrected chi connectivity index (χ3v) is 5.75. The molecule has 0 saturated carbocycles. The third kappa shape index (κ3) is 4.16. The van der Waals surface area contributed by atoms with Gasteiger partial charge in [0, 0.05) is 29.8 Å². The van der Waals surface area contributed by atoms with E-state index in [1.807, 2.05) is 12.1 Å². The van der Waals surface area contributed by atoms with E-state index >= 15 is 0 Å². The van der Waals surface area contributed by atoms with E-state index in [-0.39, 0.29) is 39.7 Å². The van der Waals surface area contributed by atoms with Crippen molar-refractivity contribution in [3.05, 3.63) is 70.8 Å². The number of nitrogens with two attached hydrogens (primary N) is 1. The molecule has 2 aromatic carbocycles. The van der Waals surface area contributed by atoms with Crippen LogP contribution < -0.4 is 5.73 Å². The maximum Gasteiger partial charge on any atom is 0.416 e. The summed E-state index contributed by atoms with van der Waals surface area (Å²) in [5.41, 5.74) is 6.56. The summed E-state index contributed by atoms with van der Waals surface area (Å²) >= 11 is 0. The lowest BCUT2D eigenvalue weighted by Gasteiger charge is -2.16. The van der Waals surface area contributed by atoms with Crippen LogP contribution in [0, 0.1) is 22.7 Å². The zero-order chi connectivity index (χ0) is 24.5.